The molecule has 2 N–H and O–H groups in total. The molecule has 0 fully saturated rings. The van der Waals surface area contributed by atoms with Crippen LogP contribution in [0.4, 0.5) is 0 Å². The lowest BCUT2D eigenvalue weighted by molar-refractivity contribution is 1.26. The summed E-state index contributed by atoms with van der Waals surface area (Å²) in [5, 5.41) is 0. The van der Waals surface area contributed by atoms with Crippen molar-refractivity contribution < 1.29 is 0 Å². The summed E-state index contributed by atoms with van der Waals surface area (Å²) in [5.41, 5.74) is 7.30. The van der Waals surface area contributed by atoms with Crippen molar-refractivity contribution in [3.8, 4) is 0 Å². The molecule has 0 unspecified atom stereocenters. The van der Waals surface area contributed by atoms with E-state index in [1.165, 1.54) is 0 Å². The van der Waals surface area contributed by atoms with Crippen LogP contribution in [0.1, 0.15) is 6.92 Å². The van der Waals surface area contributed by atoms with E-state index in [0.29, 0.717) is 22.8 Å². The van der Waals surface area contributed by atoms with Crippen LogP contribution in [0.3, 0.4) is 0 Å². The largest absolute Gasteiger partial charge is 0.398 e. The van der Waals surface area contributed by atoms with E-state index in [0.717, 1.165) is 0 Å². The van der Waals surface area contributed by atoms with E-state index in [-0.39, 0.29) is 0 Å². The summed E-state index contributed by atoms with van der Waals surface area (Å²) < 4.78 is 0. The second kappa shape index (κ2) is 4.28. The summed E-state index contributed by atoms with van der Waals surface area (Å²) in [6, 6.07) is 0. The van der Waals surface area contributed by atoms with Crippen LogP contribution >= 0.6 is 0 Å². The summed E-state index contributed by atoms with van der Waals surface area (Å²) in [5.74, 6) is 0. The van der Waals surface area contributed by atoms with Gasteiger partial charge < -0.3 is 5.73 Å². The fourth-order valence-electron chi connectivity index (χ4n) is 0.430. The minimum atomic E-state index is 0.410. The molecule has 64 valence electrons. The van der Waals surface area contributed by atoms with Gasteiger partial charge in [-0.25, -0.2) is 0 Å². The van der Waals surface area contributed by atoms with Gasteiger partial charge in [0.15, 0.2) is 0 Å². The van der Waals surface area contributed by atoms with Gasteiger partial charge in [-0.2, -0.15) is 0 Å². The first-order valence-electron chi connectivity index (χ1n) is 3.34. The van der Waals surface area contributed by atoms with Gasteiger partial charge in [0, 0.05) is 5.70 Å². The molecule has 0 aliphatic carbocycles. The Hall–Kier alpha value is -1.64. The lowest BCUT2D eigenvalue weighted by Gasteiger charge is -2.00. The normalized spacial score (nSPS) is 10.6. The highest BCUT2D eigenvalue weighted by Crippen LogP contribution is 2.07. The van der Waals surface area contributed by atoms with E-state index in [9.17, 15) is 0 Å². The third-order valence-corrected chi connectivity index (χ3v) is 1.29. The maximum atomic E-state index is 5.38. The summed E-state index contributed by atoms with van der Waals surface area (Å²) in [6.07, 6.45) is 0. The molecule has 0 aliphatic heterocycles. The molecule has 12 heavy (non-hydrogen) atoms. The molecule has 0 atom stereocenters. The van der Waals surface area contributed by atoms with E-state index in [4.69, 9.17) is 5.73 Å². The Balaban J connectivity index is 4.55. The zero-order valence-electron chi connectivity index (χ0n) is 7.30. The van der Waals surface area contributed by atoms with Crippen LogP contribution in [0.25, 0.3) is 0 Å². The van der Waals surface area contributed by atoms with Gasteiger partial charge in [0.05, 0.1) is 17.1 Å². The molecule has 0 amide bonds. The Morgan fingerprint density at radius 2 is 1.67 bits per heavy atom. The third kappa shape index (κ3) is 2.96. The number of hydrogen-bond donors (Lipinski definition) is 1. The predicted octanol–water partition coefficient (Wildman–Crippen LogP) is 1.65. The molecule has 3 heteroatoms. The van der Waals surface area contributed by atoms with Crippen LogP contribution in [0.15, 0.2) is 46.8 Å². The highest BCUT2D eigenvalue weighted by Gasteiger charge is 1.96. The van der Waals surface area contributed by atoms with Gasteiger partial charge >= 0.3 is 0 Å². The quantitative estimate of drug-likeness (QED) is 0.497. The fourth-order valence-corrected chi connectivity index (χ4v) is 0.430. The van der Waals surface area contributed by atoms with Crippen molar-refractivity contribution >= 4 is 12.4 Å². The van der Waals surface area contributed by atoms with Crippen LogP contribution < -0.4 is 5.73 Å². The first-order chi connectivity index (χ1) is 5.49. The molecule has 0 aromatic carbocycles. The molecule has 0 rings (SSSR count). The Labute approximate surface area is 72.7 Å². The summed E-state index contributed by atoms with van der Waals surface area (Å²) >= 11 is 0. The minimum absolute atomic E-state index is 0.410. The van der Waals surface area contributed by atoms with Crippen LogP contribution in [-0.4, -0.2) is 12.4 Å². The van der Waals surface area contributed by atoms with Crippen molar-refractivity contribution in [1.82, 2.24) is 0 Å². The first-order valence-corrected chi connectivity index (χ1v) is 3.34. The molecule has 0 aromatic rings. The smallest absolute Gasteiger partial charge is 0.0812 e. The van der Waals surface area contributed by atoms with Crippen molar-refractivity contribution in [2.45, 2.75) is 6.92 Å². The van der Waals surface area contributed by atoms with Crippen molar-refractivity contribution in [3.05, 3.63) is 36.8 Å². The molecule has 3 nitrogen and oxygen atoms in total. The zero-order chi connectivity index (χ0) is 9.72. The van der Waals surface area contributed by atoms with E-state index in [1.807, 2.05) is 0 Å². The number of rotatable bonds is 4. The maximum absolute atomic E-state index is 5.38. The van der Waals surface area contributed by atoms with E-state index in [2.05, 4.69) is 36.4 Å². The van der Waals surface area contributed by atoms with Crippen molar-refractivity contribution in [3.63, 3.8) is 0 Å². The molecule has 0 aliphatic rings. The Kier molecular flexibility index (Phi) is 3.70. The summed E-state index contributed by atoms with van der Waals surface area (Å²) in [4.78, 5) is 7.59. The van der Waals surface area contributed by atoms with Gasteiger partial charge in [0.2, 0.25) is 0 Å². The molecule has 0 spiro atoms. The highest BCUT2D eigenvalue weighted by molar-refractivity contribution is 5.97. The summed E-state index contributed by atoms with van der Waals surface area (Å²) in [7, 11) is 0. The van der Waals surface area contributed by atoms with E-state index < -0.39 is 0 Å². The standard InChI is InChI=1S/C9H13N3/c1-6(10)7(2)12-9(4)8(3)11-5/h1,3-5,10H2,2H3. The van der Waals surface area contributed by atoms with Gasteiger partial charge in [-0.05, 0) is 13.6 Å². The summed E-state index contributed by atoms with van der Waals surface area (Å²) in [6.45, 7) is 15.8. The second-order valence-corrected chi connectivity index (χ2v) is 2.27. The lowest BCUT2D eigenvalue weighted by atomic mass is 10.3. The molecule has 0 saturated heterocycles. The Morgan fingerprint density at radius 3 is 2.00 bits per heavy atom. The van der Waals surface area contributed by atoms with Crippen LogP contribution in [0.5, 0.6) is 0 Å². The number of nitrogens with zero attached hydrogens (tertiary/aromatic N) is 2. The van der Waals surface area contributed by atoms with Crippen LogP contribution in [-0.2, 0) is 0 Å². The predicted molar refractivity (Wildman–Crippen MR) is 54.3 cm³/mol. The third-order valence-electron chi connectivity index (χ3n) is 1.29. The van der Waals surface area contributed by atoms with Gasteiger partial charge in [-0.1, -0.05) is 19.7 Å². The lowest BCUT2D eigenvalue weighted by Crippen LogP contribution is -2.05. The Bertz CT molecular complexity index is 271. The SMILES string of the molecule is C=NC(=C)C(=C)N=C(C)C(=C)N. The number of allylic oxidation sites excluding steroid dienone is 1. The number of hydrogen-bond acceptors (Lipinski definition) is 3. The number of nitrogens with two attached hydrogens (primary N) is 1. The van der Waals surface area contributed by atoms with Crippen LogP contribution in [0, 0.1) is 0 Å². The van der Waals surface area contributed by atoms with Crippen molar-refractivity contribution in [2.75, 3.05) is 0 Å². The topological polar surface area (TPSA) is 50.7 Å². The van der Waals surface area contributed by atoms with E-state index >= 15 is 0 Å². The zero-order valence-corrected chi connectivity index (χ0v) is 7.30. The molecule has 0 radical (unpaired) electrons. The molecule has 0 aromatic heterocycles. The van der Waals surface area contributed by atoms with Crippen LogP contribution in [0.2, 0.25) is 0 Å². The van der Waals surface area contributed by atoms with E-state index in [1.54, 1.807) is 6.92 Å². The molecule has 0 bridgehead atoms. The monoisotopic (exact) mass is 163 g/mol. The first kappa shape index (κ1) is 10.4. The van der Waals surface area contributed by atoms with Gasteiger partial charge in [-0.3, -0.25) is 9.98 Å². The molecular weight excluding hydrogens is 150 g/mol. The Morgan fingerprint density at radius 1 is 1.17 bits per heavy atom. The molecule has 0 saturated carbocycles. The second-order valence-electron chi connectivity index (χ2n) is 2.27. The maximum Gasteiger partial charge on any atom is 0.0812 e. The van der Waals surface area contributed by atoms with Gasteiger partial charge in [0.1, 0.15) is 0 Å². The van der Waals surface area contributed by atoms with Crippen molar-refractivity contribution in [1.29, 1.82) is 0 Å². The average Bonchev–Trinajstić information content (AvgIpc) is 2.02. The number of aliphatic imine (C=N–C) groups is 2. The molecule has 0 heterocycles. The van der Waals surface area contributed by atoms with Gasteiger partial charge in [0.25, 0.3) is 0 Å². The molecular formula is C9H13N3. The highest BCUT2D eigenvalue weighted by atomic mass is 14.9. The fraction of sp³-hybridized carbons (Fsp3) is 0.111. The van der Waals surface area contributed by atoms with Gasteiger partial charge in [-0.15, -0.1) is 0 Å². The minimum Gasteiger partial charge on any atom is -0.398 e. The van der Waals surface area contributed by atoms with Crippen molar-refractivity contribution in [2.24, 2.45) is 15.7 Å². The average molecular weight is 163 g/mol.